The van der Waals surface area contributed by atoms with Crippen molar-refractivity contribution in [3.8, 4) is 0 Å². The van der Waals surface area contributed by atoms with Gasteiger partial charge in [-0.05, 0) is 55.0 Å². The minimum absolute atomic E-state index is 0.0454. The molecule has 4 aromatic carbocycles. The van der Waals surface area contributed by atoms with Crippen LogP contribution in [0.3, 0.4) is 0 Å². The quantitative estimate of drug-likeness (QED) is 0.0690. The predicted molar refractivity (Wildman–Crippen MR) is 191 cm³/mol. The Bertz CT molecular complexity index is 1820. The van der Waals surface area contributed by atoms with Gasteiger partial charge < -0.3 is 33.7 Å². The number of hydrogen-bond acceptors (Lipinski definition) is 11. The minimum atomic E-state index is -1.55. The van der Waals surface area contributed by atoms with Crippen LogP contribution >= 0.6 is 0 Å². The molecule has 0 unspecified atom stereocenters. The normalized spacial score (nSPS) is 19.2. The first-order valence-corrected chi connectivity index (χ1v) is 17.0. The van der Waals surface area contributed by atoms with E-state index >= 15 is 0 Å². The van der Waals surface area contributed by atoms with Crippen molar-refractivity contribution in [3.05, 3.63) is 156 Å². The SMILES string of the molecule is C=CCCC(=O)NCCO[C@H]1O[C@H](COC(=O)c2ccccc2)[C@@H](OC(=O)c2ccccc2)[C@H](OC(=O)c2ccccc2)[C@@H]1OC(=O)c1ccccc1. The van der Waals surface area contributed by atoms with Crippen LogP contribution in [0.15, 0.2) is 134 Å². The monoisotopic (exact) mass is 721 g/mol. The molecule has 1 fully saturated rings. The Morgan fingerprint density at radius 1 is 0.604 bits per heavy atom. The minimum Gasteiger partial charge on any atom is -0.459 e. The molecular formula is C41H39NO11. The van der Waals surface area contributed by atoms with E-state index in [2.05, 4.69) is 11.9 Å². The zero-order valence-corrected chi connectivity index (χ0v) is 28.7. The van der Waals surface area contributed by atoms with Gasteiger partial charge in [0.25, 0.3) is 0 Å². The predicted octanol–water partition coefficient (Wildman–Crippen LogP) is 5.34. The molecule has 1 aliphatic rings. The molecule has 0 radical (unpaired) electrons. The Hall–Kier alpha value is -6.11. The number of hydrogen-bond donors (Lipinski definition) is 1. The topological polar surface area (TPSA) is 153 Å². The Kier molecular flexibility index (Phi) is 14.0. The maximum Gasteiger partial charge on any atom is 0.338 e. The molecule has 1 aliphatic heterocycles. The fourth-order valence-electron chi connectivity index (χ4n) is 5.35. The molecule has 1 saturated heterocycles. The van der Waals surface area contributed by atoms with Crippen LogP contribution in [0.1, 0.15) is 54.3 Å². The van der Waals surface area contributed by atoms with Crippen molar-refractivity contribution in [1.29, 1.82) is 0 Å². The maximum absolute atomic E-state index is 13.7. The van der Waals surface area contributed by atoms with E-state index in [9.17, 15) is 24.0 Å². The molecule has 0 aliphatic carbocycles. The van der Waals surface area contributed by atoms with E-state index in [1.165, 1.54) is 36.4 Å². The van der Waals surface area contributed by atoms with Crippen LogP contribution in [0.2, 0.25) is 0 Å². The highest BCUT2D eigenvalue weighted by Gasteiger charge is 2.53. The summed E-state index contributed by atoms with van der Waals surface area (Å²) in [6.45, 7) is 3.05. The number of nitrogens with one attached hydrogen (secondary N) is 1. The fraction of sp³-hybridized carbons (Fsp3) is 0.244. The lowest BCUT2D eigenvalue weighted by Crippen LogP contribution is -2.63. The number of carbonyl (C=O) groups excluding carboxylic acids is 5. The van der Waals surface area contributed by atoms with Gasteiger partial charge in [-0.1, -0.05) is 78.9 Å². The molecule has 1 heterocycles. The van der Waals surface area contributed by atoms with Crippen LogP contribution in [-0.4, -0.2) is 80.2 Å². The van der Waals surface area contributed by atoms with Crippen molar-refractivity contribution in [3.63, 3.8) is 0 Å². The Morgan fingerprint density at radius 3 is 1.51 bits per heavy atom. The van der Waals surface area contributed by atoms with E-state index in [0.717, 1.165) is 0 Å². The molecular weight excluding hydrogens is 682 g/mol. The van der Waals surface area contributed by atoms with Gasteiger partial charge >= 0.3 is 23.9 Å². The summed E-state index contributed by atoms with van der Waals surface area (Å²) in [7, 11) is 0. The van der Waals surface area contributed by atoms with Crippen molar-refractivity contribution in [2.24, 2.45) is 0 Å². The summed E-state index contributed by atoms with van der Waals surface area (Å²) in [6, 6.07) is 32.4. The lowest BCUT2D eigenvalue weighted by molar-refractivity contribution is -0.297. The summed E-state index contributed by atoms with van der Waals surface area (Å²) >= 11 is 0. The average molecular weight is 722 g/mol. The van der Waals surface area contributed by atoms with Crippen molar-refractivity contribution in [1.82, 2.24) is 5.32 Å². The van der Waals surface area contributed by atoms with Crippen molar-refractivity contribution in [2.45, 2.75) is 43.5 Å². The molecule has 5 atom stereocenters. The van der Waals surface area contributed by atoms with E-state index in [1.54, 1.807) is 91.0 Å². The van der Waals surface area contributed by atoms with Gasteiger partial charge in [0.2, 0.25) is 5.91 Å². The highest BCUT2D eigenvalue weighted by Crippen LogP contribution is 2.32. The van der Waals surface area contributed by atoms with Crippen LogP contribution in [0.25, 0.3) is 0 Å². The number of amides is 1. The third-order valence-electron chi connectivity index (χ3n) is 8.02. The van der Waals surface area contributed by atoms with E-state index in [0.29, 0.717) is 6.42 Å². The smallest absolute Gasteiger partial charge is 0.338 e. The highest BCUT2D eigenvalue weighted by atomic mass is 16.7. The molecule has 12 nitrogen and oxygen atoms in total. The number of esters is 4. The van der Waals surface area contributed by atoms with Crippen molar-refractivity contribution < 1.29 is 52.4 Å². The van der Waals surface area contributed by atoms with Gasteiger partial charge in [0.15, 0.2) is 24.6 Å². The average Bonchev–Trinajstić information content (AvgIpc) is 3.20. The molecule has 1 amide bonds. The number of carbonyl (C=O) groups is 5. The molecule has 5 rings (SSSR count). The maximum atomic E-state index is 13.7. The van der Waals surface area contributed by atoms with Crippen molar-refractivity contribution >= 4 is 29.8 Å². The summed E-state index contributed by atoms with van der Waals surface area (Å²) in [5, 5.41) is 2.73. The molecule has 12 heteroatoms. The Labute approximate surface area is 306 Å². The van der Waals surface area contributed by atoms with Gasteiger partial charge in [-0.25, -0.2) is 19.2 Å². The van der Waals surface area contributed by atoms with Gasteiger partial charge in [0.1, 0.15) is 12.7 Å². The zero-order valence-electron chi connectivity index (χ0n) is 28.7. The molecule has 1 N–H and O–H groups in total. The molecule has 4 aromatic rings. The van der Waals surface area contributed by atoms with Gasteiger partial charge in [-0.3, -0.25) is 4.79 Å². The lowest BCUT2D eigenvalue weighted by Gasteiger charge is -2.44. The Morgan fingerprint density at radius 2 is 1.04 bits per heavy atom. The van der Waals surface area contributed by atoms with Gasteiger partial charge in [-0.15, -0.1) is 6.58 Å². The van der Waals surface area contributed by atoms with Crippen molar-refractivity contribution in [2.75, 3.05) is 19.8 Å². The van der Waals surface area contributed by atoms with Crippen LogP contribution in [-0.2, 0) is 33.2 Å². The number of allylic oxidation sites excluding steroid dienone is 1. The molecule has 53 heavy (non-hydrogen) atoms. The van der Waals surface area contributed by atoms with Crippen LogP contribution in [0, 0.1) is 0 Å². The molecule has 0 saturated carbocycles. The van der Waals surface area contributed by atoms with Crippen LogP contribution < -0.4 is 5.32 Å². The summed E-state index contributed by atoms with van der Waals surface area (Å²) in [6.07, 6.45) is -5.01. The first-order chi connectivity index (χ1) is 25.8. The number of rotatable bonds is 16. The largest absolute Gasteiger partial charge is 0.459 e. The fourth-order valence-corrected chi connectivity index (χ4v) is 5.35. The molecule has 0 spiro atoms. The first-order valence-electron chi connectivity index (χ1n) is 17.0. The number of benzene rings is 4. The van der Waals surface area contributed by atoms with E-state index in [-0.39, 0.29) is 47.7 Å². The van der Waals surface area contributed by atoms with Crippen LogP contribution in [0.5, 0.6) is 0 Å². The van der Waals surface area contributed by atoms with Gasteiger partial charge in [-0.2, -0.15) is 0 Å². The van der Waals surface area contributed by atoms with Gasteiger partial charge in [0.05, 0.1) is 28.9 Å². The molecule has 274 valence electrons. The molecule has 0 aromatic heterocycles. The third-order valence-corrected chi connectivity index (χ3v) is 8.02. The van der Waals surface area contributed by atoms with E-state index in [1.807, 2.05) is 0 Å². The summed E-state index contributed by atoms with van der Waals surface area (Å²) < 4.78 is 36.0. The second-order valence-corrected chi connectivity index (χ2v) is 11.8. The summed E-state index contributed by atoms with van der Waals surface area (Å²) in [5.41, 5.74) is 0.754. The molecule has 0 bridgehead atoms. The van der Waals surface area contributed by atoms with Crippen LogP contribution in [0.4, 0.5) is 0 Å². The second kappa shape index (κ2) is 19.5. The Balaban J connectivity index is 1.51. The van der Waals surface area contributed by atoms with Gasteiger partial charge in [0, 0.05) is 13.0 Å². The van der Waals surface area contributed by atoms with E-state index in [4.69, 9.17) is 28.4 Å². The first kappa shape index (κ1) is 38.1. The zero-order chi connectivity index (χ0) is 37.4. The highest BCUT2D eigenvalue weighted by molar-refractivity contribution is 5.91. The standard InChI is InChI=1S/C41H39NO11/c1-2-3-24-33(43)42-25-26-48-41-36(53-40(47)31-22-14-7-15-23-31)35(52-39(46)30-20-12-6-13-21-30)34(51-38(45)29-18-10-5-11-19-29)32(50-41)27-49-37(44)28-16-8-4-9-17-28/h2,4-23,32,34-36,41H,1,3,24-27H2,(H,42,43)/t32-,34-,35+,36+,41+/m1/s1. The lowest BCUT2D eigenvalue weighted by atomic mass is 9.97. The number of ether oxygens (including phenoxy) is 6. The summed E-state index contributed by atoms with van der Waals surface area (Å²) in [4.78, 5) is 66.1. The second-order valence-electron chi connectivity index (χ2n) is 11.8. The third kappa shape index (κ3) is 10.9. The summed E-state index contributed by atoms with van der Waals surface area (Å²) in [5.74, 6) is -3.38. The van der Waals surface area contributed by atoms with E-state index < -0.39 is 61.2 Å².